The first kappa shape index (κ1) is 47.0. The van der Waals surface area contributed by atoms with Crippen molar-refractivity contribution in [3.05, 3.63) is 13.8 Å². The standard InChI is InChI=1S/2C19H37O2.Zn/c2*1-5-6-7-8-9-10-11-12-13-14-15-16-17-18(20)21-19(2,3)4;/h2*1,5-17H2,2-4H3;/q2*-1;+2. The van der Waals surface area contributed by atoms with Crippen LogP contribution in [0.2, 0.25) is 0 Å². The number of carbonyl (C=O) groups excluding carboxylic acids is 2. The van der Waals surface area contributed by atoms with Gasteiger partial charge in [-0.05, 0) is 54.4 Å². The first-order valence-electron chi connectivity index (χ1n) is 17.9. The van der Waals surface area contributed by atoms with Crippen LogP contribution in [0.5, 0.6) is 0 Å². The molecule has 0 atom stereocenters. The molecule has 0 saturated carbocycles. The molecule has 43 heavy (non-hydrogen) atoms. The zero-order valence-corrected chi connectivity index (χ0v) is 33.1. The zero-order valence-electron chi connectivity index (χ0n) is 30.1. The third kappa shape index (κ3) is 46.1. The summed E-state index contributed by atoms with van der Waals surface area (Å²) in [6.07, 6.45) is 31.7. The number of esters is 2. The summed E-state index contributed by atoms with van der Waals surface area (Å²) in [4.78, 5) is 23.0. The monoisotopic (exact) mass is 658 g/mol. The Morgan fingerprint density at radius 3 is 0.767 bits per heavy atom. The van der Waals surface area contributed by atoms with E-state index >= 15 is 0 Å². The van der Waals surface area contributed by atoms with Gasteiger partial charge in [-0.15, -0.1) is 0 Å². The Labute approximate surface area is 283 Å². The average molecular weight is 660 g/mol. The average Bonchev–Trinajstić information content (AvgIpc) is 2.88. The van der Waals surface area contributed by atoms with E-state index in [4.69, 9.17) is 9.47 Å². The minimum Gasteiger partial charge on any atom is -0.460 e. The molecule has 0 amide bonds. The molecule has 0 bridgehead atoms. The maximum atomic E-state index is 11.5. The van der Waals surface area contributed by atoms with Crippen LogP contribution in [0.25, 0.3) is 0 Å². The van der Waals surface area contributed by atoms with Gasteiger partial charge >= 0.3 is 31.4 Å². The summed E-state index contributed by atoms with van der Waals surface area (Å²) in [6, 6.07) is 0. The number of rotatable bonds is 26. The van der Waals surface area contributed by atoms with Crippen LogP contribution in [0, 0.1) is 13.8 Å². The van der Waals surface area contributed by atoms with Crippen LogP contribution < -0.4 is 0 Å². The molecule has 0 radical (unpaired) electrons. The van der Waals surface area contributed by atoms with Gasteiger partial charge in [-0.3, -0.25) is 9.59 Å². The van der Waals surface area contributed by atoms with Crippen LogP contribution in [-0.4, -0.2) is 23.1 Å². The Balaban J connectivity index is -0.000000727. The Kier molecular flexibility index (Phi) is 36.0. The second-order valence-corrected chi connectivity index (χ2v) is 14.2. The maximum Gasteiger partial charge on any atom is 2.00 e. The molecule has 0 aliphatic carbocycles. The maximum absolute atomic E-state index is 11.5. The topological polar surface area (TPSA) is 52.6 Å². The van der Waals surface area contributed by atoms with Crippen molar-refractivity contribution in [2.45, 2.75) is 220 Å². The molecule has 0 saturated heterocycles. The largest absolute Gasteiger partial charge is 2.00 e. The minimum atomic E-state index is -0.343. The molecule has 252 valence electrons. The molecule has 0 N–H and O–H groups in total. The molecule has 5 heteroatoms. The second-order valence-electron chi connectivity index (χ2n) is 14.2. The molecule has 0 aromatic carbocycles. The molecule has 0 heterocycles. The van der Waals surface area contributed by atoms with Gasteiger partial charge in [-0.2, -0.15) is 12.8 Å². The van der Waals surface area contributed by atoms with Gasteiger partial charge in [0.1, 0.15) is 11.2 Å². The summed E-state index contributed by atoms with van der Waals surface area (Å²) in [5.74, 6) is -0.102. The van der Waals surface area contributed by atoms with E-state index in [2.05, 4.69) is 13.8 Å². The van der Waals surface area contributed by atoms with Gasteiger partial charge in [0.05, 0.1) is 0 Å². The Morgan fingerprint density at radius 1 is 0.395 bits per heavy atom. The summed E-state index contributed by atoms with van der Waals surface area (Å²) in [6.45, 7) is 19.3. The molecule has 4 nitrogen and oxygen atoms in total. The minimum absolute atomic E-state index is 0. The number of unbranched alkanes of at least 4 members (excludes halogenated alkanes) is 22. The van der Waals surface area contributed by atoms with Crippen molar-refractivity contribution in [1.29, 1.82) is 0 Å². The van der Waals surface area contributed by atoms with Crippen molar-refractivity contribution >= 4 is 11.9 Å². The quantitative estimate of drug-likeness (QED) is 0.0401. The molecule has 0 rings (SSSR count). The summed E-state index contributed by atoms with van der Waals surface area (Å²) >= 11 is 0. The van der Waals surface area contributed by atoms with Crippen LogP contribution in [-0.2, 0) is 38.5 Å². The van der Waals surface area contributed by atoms with Crippen LogP contribution in [0.15, 0.2) is 0 Å². The summed E-state index contributed by atoms with van der Waals surface area (Å²) < 4.78 is 10.6. The molecule has 0 fully saturated rings. The predicted octanol–water partition coefficient (Wildman–Crippen LogP) is 12.5. The Morgan fingerprint density at radius 2 is 0.581 bits per heavy atom. The van der Waals surface area contributed by atoms with Gasteiger partial charge in [0.15, 0.2) is 0 Å². The molecule has 0 aromatic heterocycles. The van der Waals surface area contributed by atoms with Gasteiger partial charge in [-0.25, -0.2) is 0 Å². The third-order valence-electron chi connectivity index (χ3n) is 7.10. The molecular formula is C38H74O4Zn. The number of carbonyl (C=O) groups is 2. The fourth-order valence-corrected chi connectivity index (χ4v) is 4.86. The van der Waals surface area contributed by atoms with Gasteiger partial charge in [0, 0.05) is 12.8 Å². The first-order chi connectivity index (χ1) is 19.9. The van der Waals surface area contributed by atoms with E-state index in [9.17, 15) is 9.59 Å². The summed E-state index contributed by atoms with van der Waals surface area (Å²) in [5.41, 5.74) is -0.685. The Bertz CT molecular complexity index is 540. The van der Waals surface area contributed by atoms with Crippen molar-refractivity contribution in [3.63, 3.8) is 0 Å². The van der Waals surface area contributed by atoms with Gasteiger partial charge in [-0.1, -0.05) is 128 Å². The molecule has 0 unspecified atom stereocenters. The fourth-order valence-electron chi connectivity index (χ4n) is 4.86. The normalized spacial score (nSPS) is 11.3. The predicted molar refractivity (Wildman–Crippen MR) is 182 cm³/mol. The van der Waals surface area contributed by atoms with Crippen molar-refractivity contribution in [3.8, 4) is 0 Å². The van der Waals surface area contributed by atoms with Gasteiger partial charge in [0.25, 0.3) is 0 Å². The van der Waals surface area contributed by atoms with E-state index in [-0.39, 0.29) is 42.6 Å². The fraction of sp³-hybridized carbons (Fsp3) is 0.895. The molecule has 0 spiro atoms. The van der Waals surface area contributed by atoms with Gasteiger partial charge in [0.2, 0.25) is 0 Å². The molecule has 0 aliphatic rings. The van der Waals surface area contributed by atoms with Gasteiger partial charge < -0.3 is 23.3 Å². The number of hydrogen-bond acceptors (Lipinski definition) is 4. The summed E-state index contributed by atoms with van der Waals surface area (Å²) in [5, 5.41) is 0. The zero-order chi connectivity index (χ0) is 32.0. The SMILES string of the molecule is [CH2-]CCCCCCCCCCCCCC(=O)OC(C)(C)C.[CH2-]CCCCCCCCCCCCCC(=O)OC(C)(C)C.[Zn+2]. The van der Waals surface area contributed by atoms with Crippen LogP contribution in [0.1, 0.15) is 208 Å². The van der Waals surface area contributed by atoms with Crippen molar-refractivity contribution in [2.24, 2.45) is 0 Å². The van der Waals surface area contributed by atoms with E-state index < -0.39 is 0 Å². The summed E-state index contributed by atoms with van der Waals surface area (Å²) in [7, 11) is 0. The number of ether oxygens (including phenoxy) is 2. The third-order valence-corrected chi connectivity index (χ3v) is 7.10. The first-order valence-corrected chi connectivity index (χ1v) is 17.9. The van der Waals surface area contributed by atoms with Crippen molar-refractivity contribution < 1.29 is 38.5 Å². The smallest absolute Gasteiger partial charge is 0.460 e. The van der Waals surface area contributed by atoms with Crippen LogP contribution in [0.4, 0.5) is 0 Å². The van der Waals surface area contributed by atoms with E-state index in [0.29, 0.717) is 12.8 Å². The van der Waals surface area contributed by atoms with E-state index in [1.54, 1.807) is 0 Å². The Hall–Kier alpha value is -0.437. The van der Waals surface area contributed by atoms with E-state index in [0.717, 1.165) is 38.5 Å². The van der Waals surface area contributed by atoms with Crippen molar-refractivity contribution in [2.75, 3.05) is 0 Å². The number of hydrogen-bond donors (Lipinski definition) is 0. The molecular weight excluding hydrogens is 586 g/mol. The second kappa shape index (κ2) is 32.9. The molecule has 0 aromatic rings. The van der Waals surface area contributed by atoms with E-state index in [1.807, 2.05) is 41.5 Å². The van der Waals surface area contributed by atoms with Crippen LogP contribution >= 0.6 is 0 Å². The van der Waals surface area contributed by atoms with Crippen molar-refractivity contribution in [1.82, 2.24) is 0 Å². The van der Waals surface area contributed by atoms with E-state index in [1.165, 1.54) is 116 Å². The molecule has 0 aliphatic heterocycles. The van der Waals surface area contributed by atoms with Crippen LogP contribution in [0.3, 0.4) is 0 Å².